The highest BCUT2D eigenvalue weighted by Gasteiger charge is 2.19. The Morgan fingerprint density at radius 3 is 2.45 bits per heavy atom. The number of halogens is 2. The summed E-state index contributed by atoms with van der Waals surface area (Å²) in [6, 6.07) is 19.1. The lowest BCUT2D eigenvalue weighted by atomic mass is 9.92. The molecule has 0 aromatic heterocycles. The second kappa shape index (κ2) is 8.07. The first-order valence-electron chi connectivity index (χ1n) is 8.79. The third-order valence-electron chi connectivity index (χ3n) is 4.48. The molecule has 0 saturated heterocycles. The number of nitrogens with one attached hydrogen (secondary N) is 1. The van der Waals surface area contributed by atoms with Crippen LogP contribution in [0.2, 0.25) is 10.0 Å². The van der Waals surface area contributed by atoms with Crippen LogP contribution >= 0.6 is 35.0 Å². The Bertz CT molecular complexity index is 1180. The maximum Gasteiger partial charge on any atom is 0.229 e. The van der Waals surface area contributed by atoms with E-state index in [1.54, 1.807) is 17.8 Å². The molecule has 3 nitrogen and oxygen atoms in total. The van der Waals surface area contributed by atoms with Crippen LogP contribution in [-0.2, 0) is 15.8 Å². The van der Waals surface area contributed by atoms with Crippen molar-refractivity contribution in [3.05, 3.63) is 93.0 Å². The summed E-state index contributed by atoms with van der Waals surface area (Å²) in [5.41, 5.74) is 5.79. The summed E-state index contributed by atoms with van der Waals surface area (Å²) < 4.78 is 25.7. The quantitative estimate of drug-likeness (QED) is 0.480. The largest absolute Gasteiger partial charge is 0.284 e. The molecule has 29 heavy (non-hydrogen) atoms. The van der Waals surface area contributed by atoms with E-state index < -0.39 is 10.0 Å². The van der Waals surface area contributed by atoms with Crippen molar-refractivity contribution in [2.24, 2.45) is 0 Å². The standard InChI is InChI=1S/C22H17Cl2NO2S2/c1-29(26,27)25-18-4-2-3-14(9-18)10-21-19-7-5-16(23)11-15(19)13-28-22-12-17(24)6-8-20(21)22/h2-12,25H,13H2,1H3/b21-10-. The van der Waals surface area contributed by atoms with Crippen molar-refractivity contribution in [1.29, 1.82) is 0 Å². The Morgan fingerprint density at radius 2 is 1.69 bits per heavy atom. The summed E-state index contributed by atoms with van der Waals surface area (Å²) in [5.74, 6) is 0.788. The predicted molar refractivity (Wildman–Crippen MR) is 124 cm³/mol. The predicted octanol–water partition coefficient (Wildman–Crippen LogP) is 6.56. The zero-order chi connectivity index (χ0) is 20.6. The average Bonchev–Trinajstić information content (AvgIpc) is 2.77. The molecule has 0 unspecified atom stereocenters. The van der Waals surface area contributed by atoms with Crippen molar-refractivity contribution >= 4 is 62.3 Å². The molecule has 0 radical (unpaired) electrons. The molecule has 3 aromatic carbocycles. The van der Waals surface area contributed by atoms with Gasteiger partial charge in [0.05, 0.1) is 6.26 Å². The lowest BCUT2D eigenvalue weighted by molar-refractivity contribution is 0.607. The molecule has 4 rings (SSSR count). The summed E-state index contributed by atoms with van der Waals surface area (Å²) in [6.07, 6.45) is 3.21. The number of anilines is 1. The summed E-state index contributed by atoms with van der Waals surface area (Å²) >= 11 is 14.2. The van der Waals surface area contributed by atoms with E-state index in [0.29, 0.717) is 15.7 Å². The monoisotopic (exact) mass is 461 g/mol. The summed E-state index contributed by atoms with van der Waals surface area (Å²) in [4.78, 5) is 1.10. The SMILES string of the molecule is CS(=O)(=O)Nc1cccc(/C=C2/c3ccc(Cl)cc3CSc3cc(Cl)ccc32)c1. The van der Waals surface area contributed by atoms with Gasteiger partial charge < -0.3 is 0 Å². The molecule has 1 N–H and O–H groups in total. The van der Waals surface area contributed by atoms with Crippen LogP contribution in [0.15, 0.2) is 65.6 Å². The number of benzene rings is 3. The van der Waals surface area contributed by atoms with Crippen molar-refractivity contribution in [1.82, 2.24) is 0 Å². The molecule has 1 heterocycles. The Hall–Kier alpha value is -1.92. The minimum atomic E-state index is -3.34. The lowest BCUT2D eigenvalue weighted by Crippen LogP contribution is -2.09. The van der Waals surface area contributed by atoms with Crippen LogP contribution in [0.25, 0.3) is 11.6 Å². The fourth-order valence-corrected chi connectivity index (χ4v) is 5.39. The Morgan fingerprint density at radius 1 is 0.966 bits per heavy atom. The summed E-state index contributed by atoms with van der Waals surface area (Å²) in [7, 11) is -3.34. The number of thioether (sulfide) groups is 1. The molecular formula is C22H17Cl2NO2S2. The van der Waals surface area contributed by atoms with E-state index in [1.807, 2.05) is 54.6 Å². The van der Waals surface area contributed by atoms with Crippen LogP contribution in [0.4, 0.5) is 5.69 Å². The van der Waals surface area contributed by atoms with Gasteiger partial charge in [0.1, 0.15) is 0 Å². The number of rotatable bonds is 3. The summed E-state index contributed by atoms with van der Waals surface area (Å²) in [5, 5.41) is 1.39. The Balaban J connectivity index is 1.89. The van der Waals surface area contributed by atoms with E-state index in [0.717, 1.165) is 44.7 Å². The first-order chi connectivity index (χ1) is 13.8. The Kier molecular flexibility index (Phi) is 5.67. The molecule has 0 aliphatic carbocycles. The molecule has 7 heteroatoms. The van der Waals surface area contributed by atoms with Crippen LogP contribution in [-0.4, -0.2) is 14.7 Å². The van der Waals surface area contributed by atoms with Gasteiger partial charge in [-0.25, -0.2) is 8.42 Å². The average molecular weight is 462 g/mol. The number of hydrogen-bond donors (Lipinski definition) is 1. The molecular weight excluding hydrogens is 445 g/mol. The van der Waals surface area contributed by atoms with Gasteiger partial charge in [0.25, 0.3) is 0 Å². The normalized spacial score (nSPS) is 14.8. The van der Waals surface area contributed by atoms with E-state index in [2.05, 4.69) is 10.8 Å². The smallest absolute Gasteiger partial charge is 0.229 e. The molecule has 1 aliphatic heterocycles. The second-order valence-electron chi connectivity index (χ2n) is 6.79. The van der Waals surface area contributed by atoms with Crippen molar-refractivity contribution in [2.75, 3.05) is 11.0 Å². The highest BCUT2D eigenvalue weighted by molar-refractivity contribution is 7.98. The highest BCUT2D eigenvalue weighted by atomic mass is 35.5. The maximum atomic E-state index is 11.6. The van der Waals surface area contributed by atoms with Gasteiger partial charge in [-0.1, -0.05) is 47.5 Å². The van der Waals surface area contributed by atoms with Gasteiger partial charge in [-0.15, -0.1) is 11.8 Å². The van der Waals surface area contributed by atoms with E-state index in [9.17, 15) is 8.42 Å². The van der Waals surface area contributed by atoms with Crippen LogP contribution in [0.1, 0.15) is 22.3 Å². The minimum Gasteiger partial charge on any atom is -0.284 e. The van der Waals surface area contributed by atoms with Gasteiger partial charge >= 0.3 is 0 Å². The van der Waals surface area contributed by atoms with Crippen LogP contribution in [0, 0.1) is 0 Å². The van der Waals surface area contributed by atoms with Gasteiger partial charge in [-0.2, -0.15) is 0 Å². The molecule has 0 fully saturated rings. The van der Waals surface area contributed by atoms with Crippen LogP contribution in [0.3, 0.4) is 0 Å². The molecule has 3 aromatic rings. The van der Waals surface area contributed by atoms with Gasteiger partial charge in [-0.05, 0) is 70.3 Å². The van der Waals surface area contributed by atoms with Crippen molar-refractivity contribution in [2.45, 2.75) is 10.6 Å². The van der Waals surface area contributed by atoms with Crippen molar-refractivity contribution < 1.29 is 8.42 Å². The van der Waals surface area contributed by atoms with Gasteiger partial charge in [0.15, 0.2) is 0 Å². The first-order valence-corrected chi connectivity index (χ1v) is 12.4. The molecule has 0 atom stereocenters. The maximum absolute atomic E-state index is 11.6. The fraction of sp³-hybridized carbons (Fsp3) is 0.0909. The van der Waals surface area contributed by atoms with E-state index in [1.165, 1.54) is 0 Å². The second-order valence-corrected chi connectivity index (χ2v) is 10.4. The topological polar surface area (TPSA) is 46.2 Å². The van der Waals surface area contributed by atoms with Crippen molar-refractivity contribution in [3.8, 4) is 0 Å². The van der Waals surface area contributed by atoms with Gasteiger partial charge in [-0.3, -0.25) is 4.72 Å². The molecule has 148 valence electrons. The third-order valence-corrected chi connectivity index (χ3v) is 6.66. The molecule has 0 saturated carbocycles. The first kappa shape index (κ1) is 20.4. The van der Waals surface area contributed by atoms with Crippen LogP contribution in [0.5, 0.6) is 0 Å². The number of fused-ring (bicyclic) bond motifs is 2. The lowest BCUT2D eigenvalue weighted by Gasteiger charge is -2.13. The van der Waals surface area contributed by atoms with Crippen molar-refractivity contribution in [3.63, 3.8) is 0 Å². The number of sulfonamides is 1. The number of hydrogen-bond acceptors (Lipinski definition) is 3. The Labute approximate surface area is 184 Å². The van der Waals surface area contributed by atoms with Gasteiger partial charge in [0, 0.05) is 26.4 Å². The fourth-order valence-electron chi connectivity index (χ4n) is 3.31. The van der Waals surface area contributed by atoms with E-state index >= 15 is 0 Å². The van der Waals surface area contributed by atoms with E-state index in [4.69, 9.17) is 23.2 Å². The zero-order valence-electron chi connectivity index (χ0n) is 15.4. The molecule has 0 bridgehead atoms. The minimum absolute atomic E-state index is 0.525. The zero-order valence-corrected chi connectivity index (χ0v) is 18.6. The highest BCUT2D eigenvalue weighted by Crippen LogP contribution is 2.42. The third kappa shape index (κ3) is 4.81. The molecule has 0 amide bonds. The molecule has 0 spiro atoms. The van der Waals surface area contributed by atoms with Gasteiger partial charge in [0.2, 0.25) is 10.0 Å². The molecule has 1 aliphatic rings. The van der Waals surface area contributed by atoms with E-state index in [-0.39, 0.29) is 0 Å². The summed E-state index contributed by atoms with van der Waals surface area (Å²) in [6.45, 7) is 0. The van der Waals surface area contributed by atoms with Crippen LogP contribution < -0.4 is 4.72 Å².